The number of carbonyl (C=O) groups excluding carboxylic acids is 2. The highest BCUT2D eigenvalue weighted by atomic mass is 32.1. The van der Waals surface area contributed by atoms with Gasteiger partial charge in [-0.1, -0.05) is 0 Å². The molecular formula is C16H18F4N4O2S. The average Bonchev–Trinajstić information content (AvgIpc) is 3.13. The van der Waals surface area contributed by atoms with E-state index in [0.717, 1.165) is 5.01 Å². The SMILES string of the molecule is N=C(CC(=NCC(=O)N1CCC(c2nc(C=O)cs2)CC1)C(F)F)C(F)F. The Balaban J connectivity index is 1.88. The van der Waals surface area contributed by atoms with Crippen LogP contribution >= 0.6 is 11.3 Å². The van der Waals surface area contributed by atoms with Crippen molar-refractivity contribution < 1.29 is 27.2 Å². The monoisotopic (exact) mass is 406 g/mol. The fraction of sp³-hybridized carbons (Fsp3) is 0.562. The Kier molecular flexibility index (Phi) is 7.57. The molecule has 6 nitrogen and oxygen atoms in total. The van der Waals surface area contributed by atoms with Crippen molar-refractivity contribution >= 4 is 35.0 Å². The molecule has 0 radical (unpaired) electrons. The maximum atomic E-state index is 12.9. The quantitative estimate of drug-likeness (QED) is 0.409. The van der Waals surface area contributed by atoms with Gasteiger partial charge in [0.2, 0.25) is 5.91 Å². The molecule has 148 valence electrons. The number of hydrogen-bond donors (Lipinski definition) is 1. The van der Waals surface area contributed by atoms with Gasteiger partial charge in [-0.2, -0.15) is 0 Å². The second kappa shape index (κ2) is 9.67. The molecule has 1 N–H and O–H groups in total. The van der Waals surface area contributed by atoms with E-state index in [2.05, 4.69) is 9.98 Å². The smallest absolute Gasteiger partial charge is 0.276 e. The summed E-state index contributed by atoms with van der Waals surface area (Å²) in [6, 6.07) is 0. The number of hydrogen-bond acceptors (Lipinski definition) is 6. The van der Waals surface area contributed by atoms with E-state index in [9.17, 15) is 27.2 Å². The van der Waals surface area contributed by atoms with Crippen molar-refractivity contribution in [2.75, 3.05) is 19.6 Å². The van der Waals surface area contributed by atoms with Gasteiger partial charge in [0.1, 0.15) is 12.2 Å². The topological polar surface area (TPSA) is 86.5 Å². The van der Waals surface area contributed by atoms with Crippen molar-refractivity contribution in [1.29, 1.82) is 5.41 Å². The van der Waals surface area contributed by atoms with E-state index in [1.165, 1.54) is 16.2 Å². The number of aliphatic imine (C=N–C) groups is 1. The Bertz CT molecular complexity index is 715. The summed E-state index contributed by atoms with van der Waals surface area (Å²) in [6.07, 6.45) is -5.26. The van der Waals surface area contributed by atoms with E-state index in [0.29, 0.717) is 37.9 Å². The third-order valence-corrected chi connectivity index (χ3v) is 5.19. The number of aldehydes is 1. The van der Waals surface area contributed by atoms with Crippen LogP contribution in [0.3, 0.4) is 0 Å². The minimum Gasteiger partial charge on any atom is -0.341 e. The first kappa shape index (κ1) is 21.1. The summed E-state index contributed by atoms with van der Waals surface area (Å²) in [7, 11) is 0. The Morgan fingerprint density at radius 3 is 2.52 bits per heavy atom. The molecule has 0 spiro atoms. The van der Waals surface area contributed by atoms with Gasteiger partial charge in [-0.3, -0.25) is 14.6 Å². The largest absolute Gasteiger partial charge is 0.341 e. The number of rotatable bonds is 8. The van der Waals surface area contributed by atoms with Gasteiger partial charge in [0.15, 0.2) is 6.29 Å². The van der Waals surface area contributed by atoms with Gasteiger partial charge in [-0.05, 0) is 12.8 Å². The number of alkyl halides is 4. The van der Waals surface area contributed by atoms with E-state index in [-0.39, 0.29) is 5.92 Å². The van der Waals surface area contributed by atoms with Crippen LogP contribution in [-0.2, 0) is 4.79 Å². The molecule has 1 aliphatic rings. The minimum atomic E-state index is -3.13. The van der Waals surface area contributed by atoms with Crippen LogP contribution in [0.5, 0.6) is 0 Å². The zero-order chi connectivity index (χ0) is 20.0. The Labute approximate surface area is 156 Å². The lowest BCUT2D eigenvalue weighted by atomic mass is 9.97. The zero-order valence-corrected chi connectivity index (χ0v) is 15.0. The lowest BCUT2D eigenvalue weighted by molar-refractivity contribution is -0.130. The van der Waals surface area contributed by atoms with Crippen LogP contribution < -0.4 is 0 Å². The Morgan fingerprint density at radius 1 is 1.33 bits per heavy atom. The van der Waals surface area contributed by atoms with Gasteiger partial charge >= 0.3 is 0 Å². The molecule has 1 aliphatic heterocycles. The summed E-state index contributed by atoms with van der Waals surface area (Å²) in [5, 5.41) is 9.47. The van der Waals surface area contributed by atoms with Crippen LogP contribution in [0.15, 0.2) is 10.4 Å². The van der Waals surface area contributed by atoms with Crippen LogP contribution in [0.2, 0.25) is 0 Å². The Morgan fingerprint density at radius 2 is 2.00 bits per heavy atom. The molecule has 1 fully saturated rings. The van der Waals surface area contributed by atoms with E-state index in [1.807, 2.05) is 0 Å². The molecule has 0 bridgehead atoms. The van der Waals surface area contributed by atoms with E-state index < -0.39 is 43.1 Å². The molecule has 2 rings (SSSR count). The summed E-state index contributed by atoms with van der Waals surface area (Å²) < 4.78 is 50.4. The van der Waals surface area contributed by atoms with Gasteiger partial charge in [0.25, 0.3) is 12.9 Å². The fourth-order valence-electron chi connectivity index (χ4n) is 2.66. The first-order valence-corrected chi connectivity index (χ1v) is 9.05. The van der Waals surface area contributed by atoms with Crippen molar-refractivity contribution in [2.24, 2.45) is 4.99 Å². The van der Waals surface area contributed by atoms with Gasteiger partial charge in [-0.25, -0.2) is 22.5 Å². The molecule has 11 heteroatoms. The second-order valence-electron chi connectivity index (χ2n) is 5.99. The number of nitrogens with zero attached hydrogens (tertiary/aromatic N) is 3. The maximum absolute atomic E-state index is 12.9. The highest BCUT2D eigenvalue weighted by molar-refractivity contribution is 7.09. The molecule has 1 aromatic heterocycles. The normalized spacial score (nSPS) is 16.2. The Hall–Kier alpha value is -2.17. The summed E-state index contributed by atoms with van der Waals surface area (Å²) in [4.78, 5) is 32.0. The number of aromatic nitrogens is 1. The van der Waals surface area contributed by atoms with Crippen molar-refractivity contribution in [3.63, 3.8) is 0 Å². The summed E-state index contributed by atoms with van der Waals surface area (Å²) in [5.74, 6) is -0.345. The zero-order valence-electron chi connectivity index (χ0n) is 14.2. The summed E-state index contributed by atoms with van der Waals surface area (Å²) in [5.41, 5.74) is -1.66. The fourth-order valence-corrected chi connectivity index (χ4v) is 3.60. The highest BCUT2D eigenvalue weighted by Gasteiger charge is 2.26. The number of piperidine rings is 1. The molecule has 0 aliphatic carbocycles. The van der Waals surface area contributed by atoms with Gasteiger partial charge < -0.3 is 10.3 Å². The highest BCUT2D eigenvalue weighted by Crippen LogP contribution is 2.30. The van der Waals surface area contributed by atoms with Gasteiger partial charge in [0, 0.05) is 30.8 Å². The summed E-state index contributed by atoms with van der Waals surface area (Å²) >= 11 is 1.38. The number of nitrogens with one attached hydrogen (secondary N) is 1. The third kappa shape index (κ3) is 5.91. The number of likely N-dealkylation sites (tertiary alicyclic amines) is 1. The first-order valence-electron chi connectivity index (χ1n) is 8.17. The standard InChI is InChI=1S/C16H18F4N4O2S/c17-14(18)11(21)5-12(15(19)20)22-6-13(26)24-3-1-9(2-4-24)16-23-10(7-25)8-27-16/h7-9,14-15,21H,1-6H2. The second-order valence-corrected chi connectivity index (χ2v) is 6.88. The van der Waals surface area contributed by atoms with E-state index in [4.69, 9.17) is 5.41 Å². The molecular weight excluding hydrogens is 388 g/mol. The predicted molar refractivity (Wildman–Crippen MR) is 92.7 cm³/mol. The van der Waals surface area contributed by atoms with Crippen molar-refractivity contribution in [3.05, 3.63) is 16.1 Å². The summed E-state index contributed by atoms with van der Waals surface area (Å²) in [6.45, 7) is 0.227. The van der Waals surface area contributed by atoms with E-state index in [1.54, 1.807) is 5.38 Å². The van der Waals surface area contributed by atoms with Gasteiger partial charge in [-0.15, -0.1) is 11.3 Å². The van der Waals surface area contributed by atoms with Crippen LogP contribution in [-0.4, -0.2) is 66.0 Å². The molecule has 27 heavy (non-hydrogen) atoms. The lowest BCUT2D eigenvalue weighted by Crippen LogP contribution is -2.39. The minimum absolute atomic E-state index is 0.124. The molecule has 1 saturated heterocycles. The average molecular weight is 406 g/mol. The number of halogens is 4. The van der Waals surface area contributed by atoms with Crippen molar-refractivity contribution in [1.82, 2.24) is 9.88 Å². The molecule has 1 aromatic rings. The van der Waals surface area contributed by atoms with Crippen molar-refractivity contribution in [3.8, 4) is 0 Å². The third-order valence-electron chi connectivity index (χ3n) is 4.16. The number of thiazole rings is 1. The molecule has 0 aromatic carbocycles. The van der Waals surface area contributed by atoms with Crippen molar-refractivity contribution in [2.45, 2.75) is 38.0 Å². The van der Waals surface area contributed by atoms with Crippen LogP contribution in [0.1, 0.15) is 40.7 Å². The van der Waals surface area contributed by atoms with E-state index >= 15 is 0 Å². The van der Waals surface area contributed by atoms with Gasteiger partial charge in [0.05, 0.1) is 16.4 Å². The lowest BCUT2D eigenvalue weighted by Gasteiger charge is -2.30. The van der Waals surface area contributed by atoms with Crippen LogP contribution in [0.4, 0.5) is 17.6 Å². The molecule has 0 atom stereocenters. The molecule has 0 unspecified atom stereocenters. The first-order chi connectivity index (χ1) is 12.8. The van der Waals surface area contributed by atoms with Crippen LogP contribution in [0, 0.1) is 5.41 Å². The number of amides is 1. The van der Waals surface area contributed by atoms with Crippen LogP contribution in [0.25, 0.3) is 0 Å². The molecule has 1 amide bonds. The number of carbonyl (C=O) groups is 2. The molecule has 2 heterocycles. The maximum Gasteiger partial charge on any atom is 0.276 e. The molecule has 0 saturated carbocycles. The predicted octanol–water partition coefficient (Wildman–Crippen LogP) is 3.04.